The van der Waals surface area contributed by atoms with Crippen molar-refractivity contribution in [3.63, 3.8) is 0 Å². The topological polar surface area (TPSA) is 152 Å². The summed E-state index contributed by atoms with van der Waals surface area (Å²) in [5.74, 6) is -0.809. The molecule has 0 bridgehead atoms. The second-order valence-electron chi connectivity index (χ2n) is 17.1. The number of hydrogen-bond donors (Lipinski definition) is 4. The molecule has 0 heterocycles. The molecule has 11 nitrogen and oxygen atoms in total. The lowest BCUT2D eigenvalue weighted by Gasteiger charge is -2.24. The maximum Gasteiger partial charge on any atom is 0.472 e. The SMILES string of the molecule is CCCCCCCCCCCCCCCCOCC(COP(=O)(O)OCC[N+](C)(C)C)OC(=O)CCC/C=C\CC1C(O)CC(O)C1/C=C/C(O)CCCCC. The Balaban J connectivity index is 2.46. The predicted octanol–water partition coefficient (Wildman–Crippen LogP) is 9.21. The van der Waals surface area contributed by atoms with E-state index in [2.05, 4.69) is 13.8 Å². The van der Waals surface area contributed by atoms with E-state index in [1.54, 1.807) is 6.08 Å². The van der Waals surface area contributed by atoms with Gasteiger partial charge in [0, 0.05) is 25.4 Å². The molecule has 0 aromatic heterocycles. The summed E-state index contributed by atoms with van der Waals surface area (Å²) in [5, 5.41) is 31.4. The molecule has 4 N–H and O–H groups in total. The van der Waals surface area contributed by atoms with Crippen LogP contribution in [0.5, 0.6) is 0 Å². The van der Waals surface area contributed by atoms with Crippen molar-refractivity contribution in [3.8, 4) is 0 Å². The third kappa shape index (κ3) is 29.1. The molecular weight excluding hydrogens is 733 g/mol. The molecule has 12 heteroatoms. The van der Waals surface area contributed by atoms with Gasteiger partial charge in [0.15, 0.2) is 0 Å². The number of nitrogens with zero attached hydrogens (tertiary/aromatic N) is 1. The van der Waals surface area contributed by atoms with Crippen molar-refractivity contribution in [1.82, 2.24) is 0 Å². The van der Waals surface area contributed by atoms with Crippen LogP contribution < -0.4 is 0 Å². The van der Waals surface area contributed by atoms with Crippen molar-refractivity contribution in [2.24, 2.45) is 11.8 Å². The normalized spacial score (nSPS) is 21.2. The number of aliphatic hydroxyl groups excluding tert-OH is 3. The van der Waals surface area contributed by atoms with Gasteiger partial charge in [-0.25, -0.2) is 4.57 Å². The number of aliphatic hydroxyl groups is 3. The van der Waals surface area contributed by atoms with Crippen molar-refractivity contribution in [2.45, 2.75) is 186 Å². The number of ether oxygens (including phenoxy) is 2. The number of likely N-dealkylation sites (N-methyl/N-ethyl adjacent to an activating group) is 1. The Kier molecular flexibility index (Phi) is 30.9. The number of carbonyl (C=O) groups is 1. The highest BCUT2D eigenvalue weighted by Gasteiger charge is 2.39. The Morgan fingerprint density at radius 1 is 0.768 bits per heavy atom. The number of carbonyl (C=O) groups excluding carboxylic acids is 1. The maximum absolute atomic E-state index is 12.8. The molecule has 0 aromatic carbocycles. The molecule has 7 atom stereocenters. The minimum Gasteiger partial charge on any atom is -0.457 e. The van der Waals surface area contributed by atoms with E-state index in [0.717, 1.165) is 32.1 Å². The smallest absolute Gasteiger partial charge is 0.457 e. The molecule has 1 rings (SSSR count). The van der Waals surface area contributed by atoms with E-state index in [4.69, 9.17) is 18.5 Å². The molecule has 0 amide bonds. The van der Waals surface area contributed by atoms with Gasteiger partial charge in [-0.05, 0) is 38.0 Å². The number of phosphoric acid groups is 1. The predicted molar refractivity (Wildman–Crippen MR) is 226 cm³/mol. The van der Waals surface area contributed by atoms with Crippen LogP contribution in [-0.4, -0.2) is 109 Å². The fraction of sp³-hybridized carbons (Fsp3) is 0.886. The largest absolute Gasteiger partial charge is 0.472 e. The van der Waals surface area contributed by atoms with Gasteiger partial charge >= 0.3 is 13.8 Å². The fourth-order valence-electron chi connectivity index (χ4n) is 7.02. The lowest BCUT2D eigenvalue weighted by Crippen LogP contribution is -2.37. The minimum absolute atomic E-state index is 0.0464. The van der Waals surface area contributed by atoms with Crippen LogP contribution in [0.25, 0.3) is 0 Å². The van der Waals surface area contributed by atoms with Crippen LogP contribution in [0.15, 0.2) is 24.3 Å². The third-order valence-corrected chi connectivity index (χ3v) is 11.6. The zero-order valence-corrected chi connectivity index (χ0v) is 37.1. The van der Waals surface area contributed by atoms with Crippen LogP contribution in [0.4, 0.5) is 0 Å². The molecule has 56 heavy (non-hydrogen) atoms. The van der Waals surface area contributed by atoms with E-state index >= 15 is 0 Å². The molecule has 330 valence electrons. The minimum atomic E-state index is -4.34. The lowest BCUT2D eigenvalue weighted by molar-refractivity contribution is -0.870. The first kappa shape index (κ1) is 52.9. The Hall–Kier alpha value is -1.14. The van der Waals surface area contributed by atoms with Crippen molar-refractivity contribution in [2.75, 3.05) is 54.1 Å². The summed E-state index contributed by atoms with van der Waals surface area (Å²) in [7, 11) is 1.52. The highest BCUT2D eigenvalue weighted by Crippen LogP contribution is 2.43. The molecule has 1 aliphatic carbocycles. The van der Waals surface area contributed by atoms with E-state index in [-0.39, 0.29) is 38.1 Å². The number of unbranched alkanes of at least 4 members (excludes halogenated alkanes) is 16. The summed E-state index contributed by atoms with van der Waals surface area (Å²) < 4.78 is 34.9. The quantitative estimate of drug-likeness (QED) is 0.0157. The third-order valence-electron chi connectivity index (χ3n) is 10.6. The van der Waals surface area contributed by atoms with E-state index < -0.39 is 38.2 Å². The van der Waals surface area contributed by atoms with Crippen LogP contribution >= 0.6 is 7.82 Å². The van der Waals surface area contributed by atoms with Gasteiger partial charge in [0.1, 0.15) is 19.3 Å². The molecule has 7 unspecified atom stereocenters. The van der Waals surface area contributed by atoms with Gasteiger partial charge in [-0.3, -0.25) is 13.8 Å². The molecule has 0 aromatic rings. The molecule has 1 fully saturated rings. The van der Waals surface area contributed by atoms with E-state index in [0.29, 0.717) is 49.7 Å². The van der Waals surface area contributed by atoms with Crippen LogP contribution in [0.1, 0.15) is 162 Å². The summed E-state index contributed by atoms with van der Waals surface area (Å²) in [5.41, 5.74) is 0. The van der Waals surface area contributed by atoms with Crippen LogP contribution in [0, 0.1) is 11.8 Å². The fourth-order valence-corrected chi connectivity index (χ4v) is 7.76. The highest BCUT2D eigenvalue weighted by atomic mass is 31.2. The zero-order valence-electron chi connectivity index (χ0n) is 36.2. The zero-order chi connectivity index (χ0) is 41.5. The maximum atomic E-state index is 12.8. The Bertz CT molecular complexity index is 1070. The van der Waals surface area contributed by atoms with Gasteiger partial charge in [-0.2, -0.15) is 0 Å². The number of allylic oxidation sites excluding steroid dienone is 2. The van der Waals surface area contributed by atoms with Crippen molar-refractivity contribution in [1.29, 1.82) is 0 Å². The van der Waals surface area contributed by atoms with Crippen LogP contribution in [-0.2, 0) is 27.9 Å². The molecule has 0 radical (unpaired) electrons. The molecule has 0 spiro atoms. The van der Waals surface area contributed by atoms with Gasteiger partial charge in [-0.15, -0.1) is 0 Å². The average Bonchev–Trinajstić information content (AvgIpc) is 3.40. The molecule has 0 aliphatic heterocycles. The lowest BCUT2D eigenvalue weighted by atomic mass is 9.89. The number of quaternary nitrogens is 1. The number of phosphoric ester groups is 1. The van der Waals surface area contributed by atoms with E-state index in [9.17, 15) is 29.6 Å². The van der Waals surface area contributed by atoms with Crippen molar-refractivity contribution >= 4 is 13.8 Å². The second kappa shape index (κ2) is 32.7. The van der Waals surface area contributed by atoms with Gasteiger partial charge in [0.25, 0.3) is 0 Å². The van der Waals surface area contributed by atoms with Gasteiger partial charge in [0.2, 0.25) is 0 Å². The molecular formula is C44H85NO10P+. The number of rotatable bonds is 37. The first-order valence-corrected chi connectivity index (χ1v) is 23.8. The summed E-state index contributed by atoms with van der Waals surface area (Å²) in [4.78, 5) is 23.0. The van der Waals surface area contributed by atoms with Gasteiger partial charge in [0.05, 0.1) is 52.7 Å². The van der Waals surface area contributed by atoms with Gasteiger partial charge in [-0.1, -0.05) is 141 Å². The van der Waals surface area contributed by atoms with Crippen LogP contribution in [0.2, 0.25) is 0 Å². The van der Waals surface area contributed by atoms with Gasteiger partial charge < -0.3 is 34.2 Å². The number of esters is 1. The first-order valence-electron chi connectivity index (χ1n) is 22.3. The second-order valence-corrected chi connectivity index (χ2v) is 18.5. The first-order chi connectivity index (χ1) is 26.8. The van der Waals surface area contributed by atoms with Crippen molar-refractivity contribution in [3.05, 3.63) is 24.3 Å². The molecule has 1 saturated carbocycles. The van der Waals surface area contributed by atoms with E-state index in [1.165, 1.54) is 77.0 Å². The molecule has 0 saturated heterocycles. The summed E-state index contributed by atoms with van der Waals surface area (Å²) >= 11 is 0. The Morgan fingerprint density at radius 2 is 1.36 bits per heavy atom. The Labute approximate surface area is 341 Å². The van der Waals surface area contributed by atoms with E-state index in [1.807, 2.05) is 39.4 Å². The summed E-state index contributed by atoms with van der Waals surface area (Å²) in [6.07, 6.45) is 28.7. The summed E-state index contributed by atoms with van der Waals surface area (Å²) in [6.45, 7) is 5.20. The standard InChI is InChI=1S/C44H84NO10P/c1-6-8-10-11-12-13-14-15-16-17-18-19-22-26-33-52-36-39(37-54-56(50,51)53-34-32-45(3,4)5)55-44(49)29-25-21-20-24-28-40-41(43(48)35-42(40)47)31-30-38(46)27-23-9-7-2/h20,24,30-31,38-43,46-48H,6-19,21-23,25-29,32-37H2,1-5H3/p+1/b24-20-,31-30+. The van der Waals surface area contributed by atoms with Crippen LogP contribution in [0.3, 0.4) is 0 Å². The average molecular weight is 819 g/mol. The molecule has 1 aliphatic rings. The Morgan fingerprint density at radius 3 is 1.96 bits per heavy atom. The van der Waals surface area contributed by atoms with Crippen molar-refractivity contribution < 1.29 is 52.6 Å². The summed E-state index contributed by atoms with van der Waals surface area (Å²) in [6, 6.07) is 0. The highest BCUT2D eigenvalue weighted by molar-refractivity contribution is 7.47. The number of hydrogen-bond acceptors (Lipinski definition) is 9. The monoisotopic (exact) mass is 819 g/mol.